The molecule has 0 saturated carbocycles. The smallest absolute Gasteiger partial charge is 0.224 e. The monoisotopic (exact) mass is 363 g/mol. The van der Waals surface area contributed by atoms with Crippen LogP contribution in [0.4, 0.5) is 0 Å². The lowest BCUT2D eigenvalue weighted by atomic mass is 10.0. The van der Waals surface area contributed by atoms with Crippen LogP contribution in [0.5, 0.6) is 0 Å². The van der Waals surface area contributed by atoms with Crippen molar-refractivity contribution in [3.8, 4) is 0 Å². The number of nitrogens with zero attached hydrogens (tertiary/aromatic N) is 1. The van der Waals surface area contributed by atoms with Crippen LogP contribution in [0.3, 0.4) is 0 Å². The third-order valence-corrected chi connectivity index (χ3v) is 3.94. The van der Waals surface area contributed by atoms with E-state index in [1.807, 2.05) is 25.1 Å². The predicted molar refractivity (Wildman–Crippen MR) is 97.3 cm³/mol. The molecule has 0 aliphatic carbocycles. The van der Waals surface area contributed by atoms with Crippen LogP contribution in [0, 0.1) is 5.92 Å². The molecule has 0 radical (unpaired) electrons. The van der Waals surface area contributed by atoms with Crippen LogP contribution in [0.15, 0.2) is 30.3 Å². The first kappa shape index (κ1) is 22.1. The highest BCUT2D eigenvalue weighted by atomic mass is 35.5. The molecule has 7 heteroatoms. The van der Waals surface area contributed by atoms with E-state index < -0.39 is 0 Å². The van der Waals surface area contributed by atoms with Crippen molar-refractivity contribution >= 4 is 30.7 Å². The minimum atomic E-state index is -0.147. The van der Waals surface area contributed by atoms with Crippen LogP contribution in [0.2, 0.25) is 0 Å². The number of nitrogens with two attached hydrogens (primary N) is 1. The molecule has 1 aliphatic heterocycles. The molecule has 1 heterocycles. The van der Waals surface area contributed by atoms with Gasteiger partial charge in [-0.15, -0.1) is 24.8 Å². The molecule has 0 aromatic heterocycles. The number of amides is 1. The fourth-order valence-corrected chi connectivity index (χ4v) is 2.50. The van der Waals surface area contributed by atoms with Gasteiger partial charge in [0.1, 0.15) is 0 Å². The summed E-state index contributed by atoms with van der Waals surface area (Å²) in [7, 11) is 0. The summed E-state index contributed by atoms with van der Waals surface area (Å²) in [6.45, 7) is 6.10. The molecular formula is C16H27Cl2N3O2. The molecule has 132 valence electrons. The molecule has 2 atom stereocenters. The first-order valence-corrected chi connectivity index (χ1v) is 7.57. The average Bonchev–Trinajstić information content (AvgIpc) is 2.56. The van der Waals surface area contributed by atoms with Crippen molar-refractivity contribution < 1.29 is 9.53 Å². The molecule has 0 spiro atoms. The third-order valence-electron chi connectivity index (χ3n) is 3.94. The Morgan fingerprint density at radius 1 is 1.26 bits per heavy atom. The first-order valence-electron chi connectivity index (χ1n) is 7.57. The number of benzene rings is 1. The van der Waals surface area contributed by atoms with Gasteiger partial charge in [0.25, 0.3) is 0 Å². The second kappa shape index (κ2) is 11.6. The van der Waals surface area contributed by atoms with Gasteiger partial charge in [-0.3, -0.25) is 9.69 Å². The molecule has 1 aromatic rings. The predicted octanol–water partition coefficient (Wildman–Crippen LogP) is 1.61. The van der Waals surface area contributed by atoms with Gasteiger partial charge in [-0.25, -0.2) is 0 Å². The van der Waals surface area contributed by atoms with Gasteiger partial charge in [-0.05, 0) is 5.56 Å². The van der Waals surface area contributed by atoms with E-state index in [0.29, 0.717) is 13.1 Å². The lowest BCUT2D eigenvalue weighted by Gasteiger charge is -2.35. The summed E-state index contributed by atoms with van der Waals surface area (Å²) in [5.74, 6) is -0.127. The summed E-state index contributed by atoms with van der Waals surface area (Å²) in [5.41, 5.74) is 6.77. The summed E-state index contributed by atoms with van der Waals surface area (Å²) in [4.78, 5) is 14.3. The Morgan fingerprint density at radius 2 is 1.87 bits per heavy atom. The lowest BCUT2D eigenvalue weighted by molar-refractivity contribution is -0.124. The van der Waals surface area contributed by atoms with Crippen molar-refractivity contribution in [2.75, 3.05) is 39.4 Å². The molecule has 1 aromatic carbocycles. The van der Waals surface area contributed by atoms with Crippen molar-refractivity contribution in [1.82, 2.24) is 10.2 Å². The molecule has 2 rings (SSSR count). The fourth-order valence-electron chi connectivity index (χ4n) is 2.50. The zero-order valence-corrected chi connectivity index (χ0v) is 15.1. The number of hydrogen-bond acceptors (Lipinski definition) is 4. The number of carbonyl (C=O) groups is 1. The van der Waals surface area contributed by atoms with E-state index in [1.165, 1.54) is 5.56 Å². The van der Waals surface area contributed by atoms with Crippen LogP contribution < -0.4 is 11.1 Å². The van der Waals surface area contributed by atoms with Crippen LogP contribution in [-0.2, 0) is 9.53 Å². The number of ether oxygens (including phenoxy) is 1. The van der Waals surface area contributed by atoms with Crippen LogP contribution in [0.1, 0.15) is 18.5 Å². The highest BCUT2D eigenvalue weighted by Gasteiger charge is 2.23. The Morgan fingerprint density at radius 3 is 2.43 bits per heavy atom. The van der Waals surface area contributed by atoms with Gasteiger partial charge in [-0.1, -0.05) is 37.3 Å². The van der Waals surface area contributed by atoms with Gasteiger partial charge in [-0.2, -0.15) is 0 Å². The Balaban J connectivity index is 0.00000242. The van der Waals surface area contributed by atoms with Gasteiger partial charge in [0.05, 0.1) is 19.3 Å². The maximum absolute atomic E-state index is 12.0. The second-order valence-corrected chi connectivity index (χ2v) is 5.46. The Labute approximate surface area is 150 Å². The molecule has 2 unspecified atom stereocenters. The standard InChI is InChI=1S/C16H25N3O2.2ClH/c1-13(11-17)16(20)18-12-15(14-5-3-2-4-6-14)19-7-9-21-10-8-19;;/h2-6,13,15H,7-12,17H2,1H3,(H,18,20);2*1H. The van der Waals surface area contributed by atoms with Crippen LogP contribution >= 0.6 is 24.8 Å². The van der Waals surface area contributed by atoms with Gasteiger partial charge >= 0.3 is 0 Å². The molecule has 1 fully saturated rings. The van der Waals surface area contributed by atoms with E-state index in [2.05, 4.69) is 22.3 Å². The zero-order chi connectivity index (χ0) is 15.1. The summed E-state index contributed by atoms with van der Waals surface area (Å²) in [5, 5.41) is 3.03. The van der Waals surface area contributed by atoms with Gasteiger partial charge in [0.2, 0.25) is 5.91 Å². The summed E-state index contributed by atoms with van der Waals surface area (Å²) < 4.78 is 5.42. The fraction of sp³-hybridized carbons (Fsp3) is 0.562. The highest BCUT2D eigenvalue weighted by molar-refractivity contribution is 5.85. The average molecular weight is 364 g/mol. The minimum absolute atomic E-state index is 0. The Hall–Kier alpha value is -0.850. The van der Waals surface area contributed by atoms with E-state index in [4.69, 9.17) is 10.5 Å². The van der Waals surface area contributed by atoms with Crippen molar-refractivity contribution in [1.29, 1.82) is 0 Å². The molecule has 1 aliphatic rings. The maximum Gasteiger partial charge on any atom is 0.224 e. The first-order chi connectivity index (χ1) is 10.2. The van der Waals surface area contributed by atoms with Gasteiger partial charge in [0.15, 0.2) is 0 Å². The van der Waals surface area contributed by atoms with Crippen molar-refractivity contribution in [3.63, 3.8) is 0 Å². The lowest BCUT2D eigenvalue weighted by Crippen LogP contribution is -2.45. The number of carbonyl (C=O) groups excluding carboxylic acids is 1. The molecular weight excluding hydrogens is 337 g/mol. The van der Waals surface area contributed by atoms with E-state index in [9.17, 15) is 4.79 Å². The van der Waals surface area contributed by atoms with Gasteiger partial charge < -0.3 is 15.8 Å². The SMILES string of the molecule is CC(CN)C(=O)NCC(c1ccccc1)N1CCOCC1.Cl.Cl. The molecule has 3 N–H and O–H groups in total. The van der Waals surface area contributed by atoms with E-state index in [-0.39, 0.29) is 42.7 Å². The van der Waals surface area contributed by atoms with Crippen LogP contribution in [-0.4, -0.2) is 50.2 Å². The molecule has 1 amide bonds. The topological polar surface area (TPSA) is 67.6 Å². The Kier molecular flexibility index (Phi) is 11.2. The molecule has 23 heavy (non-hydrogen) atoms. The zero-order valence-electron chi connectivity index (χ0n) is 13.4. The number of nitrogens with one attached hydrogen (secondary N) is 1. The third kappa shape index (κ3) is 6.65. The summed E-state index contributed by atoms with van der Waals surface area (Å²) in [6.07, 6.45) is 0. The van der Waals surface area contributed by atoms with E-state index in [0.717, 1.165) is 26.3 Å². The maximum atomic E-state index is 12.0. The van der Waals surface area contributed by atoms with E-state index >= 15 is 0 Å². The summed E-state index contributed by atoms with van der Waals surface area (Å²) >= 11 is 0. The van der Waals surface area contributed by atoms with Crippen molar-refractivity contribution in [3.05, 3.63) is 35.9 Å². The second-order valence-electron chi connectivity index (χ2n) is 5.46. The largest absolute Gasteiger partial charge is 0.379 e. The van der Waals surface area contributed by atoms with Gasteiger partial charge in [0, 0.05) is 32.1 Å². The van der Waals surface area contributed by atoms with Crippen molar-refractivity contribution in [2.24, 2.45) is 11.7 Å². The Bertz CT molecular complexity index is 442. The highest BCUT2D eigenvalue weighted by Crippen LogP contribution is 2.21. The molecule has 1 saturated heterocycles. The number of morpholine rings is 1. The van der Waals surface area contributed by atoms with E-state index in [1.54, 1.807) is 0 Å². The quantitative estimate of drug-likeness (QED) is 0.805. The number of halogens is 2. The normalized spacial score (nSPS) is 17.3. The molecule has 0 bridgehead atoms. The number of rotatable bonds is 6. The van der Waals surface area contributed by atoms with Crippen LogP contribution in [0.25, 0.3) is 0 Å². The molecule has 5 nitrogen and oxygen atoms in total. The van der Waals surface area contributed by atoms with Crippen molar-refractivity contribution in [2.45, 2.75) is 13.0 Å². The summed E-state index contributed by atoms with van der Waals surface area (Å²) in [6, 6.07) is 10.5. The number of hydrogen-bond donors (Lipinski definition) is 2. The minimum Gasteiger partial charge on any atom is -0.379 e.